The number of allylic oxidation sites excluding steroid dienone is 1. The van der Waals surface area contributed by atoms with Gasteiger partial charge in [-0.3, -0.25) is 9.36 Å². The zero-order valence-electron chi connectivity index (χ0n) is 21.5. The van der Waals surface area contributed by atoms with Crippen molar-refractivity contribution in [1.29, 1.82) is 0 Å². The van der Waals surface area contributed by atoms with Crippen molar-refractivity contribution in [3.05, 3.63) is 79.6 Å². The van der Waals surface area contributed by atoms with Crippen LogP contribution in [0.3, 0.4) is 0 Å². The van der Waals surface area contributed by atoms with Crippen molar-refractivity contribution in [1.82, 2.24) is 4.57 Å². The molecule has 0 N–H and O–H groups in total. The predicted octanol–water partition coefficient (Wildman–Crippen LogP) is 4.42. The molecule has 0 unspecified atom stereocenters. The lowest BCUT2D eigenvalue weighted by Gasteiger charge is -2.25. The SMILES string of the molecule is CCOC(=O)C1=C(C)N=c2s/c(=C\c3cc(I)c(OC)c(I)c3)c(=O)n2[C@H]1c1ccc(OC)c(OCC)c1. The molecule has 1 aliphatic rings. The molecule has 11 heteroatoms. The van der Waals surface area contributed by atoms with E-state index < -0.39 is 12.0 Å². The number of thiazole rings is 1. The fourth-order valence-electron chi connectivity index (χ4n) is 4.25. The summed E-state index contributed by atoms with van der Waals surface area (Å²) in [5.41, 5.74) is 2.12. The third-order valence-corrected chi connectivity index (χ3v) is 8.43. The highest BCUT2D eigenvalue weighted by molar-refractivity contribution is 14.1. The maximum absolute atomic E-state index is 13.9. The molecule has 8 nitrogen and oxygen atoms in total. The summed E-state index contributed by atoms with van der Waals surface area (Å²) in [5, 5.41) is 0. The number of esters is 1. The van der Waals surface area contributed by atoms with Crippen molar-refractivity contribution >= 4 is 68.6 Å². The van der Waals surface area contributed by atoms with E-state index in [9.17, 15) is 9.59 Å². The van der Waals surface area contributed by atoms with Crippen molar-refractivity contribution in [3.63, 3.8) is 0 Å². The van der Waals surface area contributed by atoms with Gasteiger partial charge in [-0.15, -0.1) is 0 Å². The second kappa shape index (κ2) is 12.2. The Morgan fingerprint density at radius 2 is 1.79 bits per heavy atom. The number of benzene rings is 2. The summed E-state index contributed by atoms with van der Waals surface area (Å²) in [7, 11) is 3.20. The highest BCUT2D eigenvalue weighted by Gasteiger charge is 2.34. The van der Waals surface area contributed by atoms with Crippen LogP contribution < -0.4 is 29.1 Å². The van der Waals surface area contributed by atoms with Gasteiger partial charge in [-0.05, 0) is 107 Å². The van der Waals surface area contributed by atoms with Crippen molar-refractivity contribution in [2.75, 3.05) is 27.4 Å². The van der Waals surface area contributed by atoms with Crippen molar-refractivity contribution < 1.29 is 23.7 Å². The highest BCUT2D eigenvalue weighted by atomic mass is 127. The molecule has 1 aromatic heterocycles. The van der Waals surface area contributed by atoms with Gasteiger partial charge in [0.25, 0.3) is 5.56 Å². The number of carbonyl (C=O) groups excluding carboxylic acids is 1. The fourth-order valence-corrected chi connectivity index (χ4v) is 7.55. The number of fused-ring (bicyclic) bond motifs is 1. The fraction of sp³-hybridized carbons (Fsp3) is 0.296. The Balaban J connectivity index is 1.96. The third kappa shape index (κ3) is 5.50. The van der Waals surface area contributed by atoms with Gasteiger partial charge in [0.2, 0.25) is 0 Å². The number of ether oxygens (including phenoxy) is 4. The van der Waals surface area contributed by atoms with E-state index in [0.717, 1.165) is 18.5 Å². The maximum Gasteiger partial charge on any atom is 0.338 e. The Labute approximate surface area is 251 Å². The van der Waals surface area contributed by atoms with Gasteiger partial charge in [-0.2, -0.15) is 0 Å². The summed E-state index contributed by atoms with van der Waals surface area (Å²) >= 11 is 5.72. The highest BCUT2D eigenvalue weighted by Crippen LogP contribution is 2.36. The van der Waals surface area contributed by atoms with E-state index in [1.54, 1.807) is 44.8 Å². The van der Waals surface area contributed by atoms with E-state index in [0.29, 0.717) is 44.3 Å². The number of nitrogens with zero attached hydrogens (tertiary/aromatic N) is 2. The predicted molar refractivity (Wildman–Crippen MR) is 163 cm³/mol. The van der Waals surface area contributed by atoms with Crippen molar-refractivity contribution in [2.45, 2.75) is 26.8 Å². The average Bonchev–Trinajstić information content (AvgIpc) is 3.17. The molecular formula is C27H26I2N2O6S. The maximum atomic E-state index is 13.9. The van der Waals surface area contributed by atoms with E-state index in [4.69, 9.17) is 18.9 Å². The summed E-state index contributed by atoms with van der Waals surface area (Å²) in [5.74, 6) is 1.37. The number of methoxy groups -OCH3 is 2. The molecule has 1 atom stereocenters. The molecule has 2 aromatic carbocycles. The zero-order valence-corrected chi connectivity index (χ0v) is 26.6. The standard InChI is InChI=1S/C27H26I2N2O6S/c1-6-36-20-13-16(8-9-19(20)34-4)23-22(26(33)37-7-2)14(3)30-27-31(23)25(32)21(38-27)12-15-10-17(28)24(35-5)18(29)11-15/h8-13,23H,6-7H2,1-5H3/b21-12-/t23-/m0/s1. The number of carbonyl (C=O) groups is 1. The number of halogens is 2. The molecule has 38 heavy (non-hydrogen) atoms. The van der Waals surface area contributed by atoms with Gasteiger partial charge in [0.05, 0.1) is 56.4 Å². The molecule has 0 amide bonds. The Morgan fingerprint density at radius 3 is 2.39 bits per heavy atom. The van der Waals surface area contributed by atoms with Crippen LogP contribution >= 0.6 is 56.5 Å². The molecule has 0 fully saturated rings. The minimum absolute atomic E-state index is 0.203. The zero-order chi connectivity index (χ0) is 27.6. The summed E-state index contributed by atoms with van der Waals surface area (Å²) in [4.78, 5) is 32.2. The molecule has 4 rings (SSSR count). The lowest BCUT2D eigenvalue weighted by atomic mass is 9.95. The Bertz CT molecular complexity index is 1590. The van der Waals surface area contributed by atoms with Crippen LogP contribution in [0.5, 0.6) is 17.2 Å². The Morgan fingerprint density at radius 1 is 1.08 bits per heavy atom. The lowest BCUT2D eigenvalue weighted by Crippen LogP contribution is -2.40. The number of hydrogen-bond donors (Lipinski definition) is 0. The molecular weight excluding hydrogens is 734 g/mol. The van der Waals surface area contributed by atoms with Crippen LogP contribution in [0.4, 0.5) is 0 Å². The third-order valence-electron chi connectivity index (χ3n) is 5.84. The smallest absolute Gasteiger partial charge is 0.338 e. The first-order valence-electron chi connectivity index (χ1n) is 11.8. The van der Waals surface area contributed by atoms with Gasteiger partial charge in [-0.25, -0.2) is 9.79 Å². The quantitative estimate of drug-likeness (QED) is 0.250. The Hall–Kier alpha value is -2.39. The van der Waals surface area contributed by atoms with Gasteiger partial charge in [0.15, 0.2) is 16.3 Å². The first-order valence-corrected chi connectivity index (χ1v) is 14.7. The van der Waals surface area contributed by atoms with Gasteiger partial charge in [-0.1, -0.05) is 17.4 Å². The molecule has 2 heterocycles. The van der Waals surface area contributed by atoms with Crippen LogP contribution in [0, 0.1) is 7.14 Å². The number of hydrogen-bond acceptors (Lipinski definition) is 8. The van der Waals surface area contributed by atoms with Crippen LogP contribution in [0.25, 0.3) is 6.08 Å². The minimum Gasteiger partial charge on any atom is -0.495 e. The first-order chi connectivity index (χ1) is 18.2. The second-order valence-corrected chi connectivity index (χ2v) is 11.5. The molecule has 200 valence electrons. The second-order valence-electron chi connectivity index (χ2n) is 8.16. The number of aromatic nitrogens is 1. The monoisotopic (exact) mass is 760 g/mol. The van der Waals surface area contributed by atoms with Gasteiger partial charge in [0.1, 0.15) is 5.75 Å². The summed E-state index contributed by atoms with van der Waals surface area (Å²) < 4.78 is 26.0. The molecule has 3 aromatic rings. The van der Waals surface area contributed by atoms with Crippen molar-refractivity contribution in [3.8, 4) is 17.2 Å². The van der Waals surface area contributed by atoms with Gasteiger partial charge < -0.3 is 18.9 Å². The van der Waals surface area contributed by atoms with Gasteiger partial charge in [0, 0.05) is 0 Å². The van der Waals surface area contributed by atoms with E-state index in [2.05, 4.69) is 50.2 Å². The van der Waals surface area contributed by atoms with E-state index in [-0.39, 0.29) is 12.2 Å². The molecule has 0 saturated heterocycles. The van der Waals surface area contributed by atoms with Crippen LogP contribution in [-0.2, 0) is 9.53 Å². The van der Waals surface area contributed by atoms with Crippen LogP contribution in [0.1, 0.15) is 37.9 Å². The summed E-state index contributed by atoms with van der Waals surface area (Å²) in [6.45, 7) is 6.02. The number of rotatable bonds is 8. The summed E-state index contributed by atoms with van der Waals surface area (Å²) in [6, 6.07) is 8.59. The van der Waals surface area contributed by atoms with E-state index in [1.807, 2.05) is 31.2 Å². The van der Waals surface area contributed by atoms with Crippen LogP contribution in [-0.4, -0.2) is 38.0 Å². The molecule has 0 aliphatic carbocycles. The van der Waals surface area contributed by atoms with Crippen LogP contribution in [0.15, 0.2) is 51.4 Å². The van der Waals surface area contributed by atoms with Crippen LogP contribution in [0.2, 0.25) is 0 Å². The topological polar surface area (TPSA) is 88.4 Å². The Kier molecular flexibility index (Phi) is 9.19. The lowest BCUT2D eigenvalue weighted by molar-refractivity contribution is -0.139. The van der Waals surface area contributed by atoms with Gasteiger partial charge >= 0.3 is 5.97 Å². The van der Waals surface area contributed by atoms with E-state index in [1.165, 1.54) is 11.3 Å². The average molecular weight is 760 g/mol. The molecule has 0 spiro atoms. The first kappa shape index (κ1) is 28.6. The molecule has 1 aliphatic heterocycles. The van der Waals surface area contributed by atoms with Crippen molar-refractivity contribution in [2.24, 2.45) is 4.99 Å². The largest absolute Gasteiger partial charge is 0.495 e. The molecule has 0 bridgehead atoms. The molecule has 0 radical (unpaired) electrons. The molecule has 0 saturated carbocycles. The van der Waals surface area contributed by atoms with E-state index >= 15 is 0 Å². The summed E-state index contributed by atoms with van der Waals surface area (Å²) in [6.07, 6.45) is 1.84. The normalized spacial score (nSPS) is 15.1. The minimum atomic E-state index is -0.742.